The summed E-state index contributed by atoms with van der Waals surface area (Å²) >= 11 is 0. The third kappa shape index (κ3) is 7.34. The minimum atomic E-state index is -1.54. The Morgan fingerprint density at radius 1 is 0.343 bits per heavy atom. The average molecular weight is 900 g/mol. The quantitative estimate of drug-likeness (QED) is 0.134. The number of hydrogen-bond donors (Lipinski definition) is 0. The van der Waals surface area contributed by atoms with Crippen molar-refractivity contribution in [2.45, 2.75) is 53.1 Å². The topological polar surface area (TPSA) is 11.4 Å². The summed E-state index contributed by atoms with van der Waals surface area (Å²) < 4.78 is 2.55. The normalized spacial score (nSPS) is 12.2. The van der Waals surface area contributed by atoms with Crippen LogP contribution < -0.4 is 20.2 Å². The van der Waals surface area contributed by atoms with E-state index in [2.05, 4.69) is 268 Å². The highest BCUT2D eigenvalue weighted by Crippen LogP contribution is 2.50. The molecule has 0 atom stereocenters. The first-order valence-electron chi connectivity index (χ1n) is 23.7. The second-order valence-corrected chi connectivity index (χ2v) is 30.5. The van der Waals surface area contributed by atoms with Gasteiger partial charge in [-0.05, 0) is 107 Å². The Morgan fingerprint density at radius 3 is 1.16 bits per heavy atom. The summed E-state index contributed by atoms with van der Waals surface area (Å²) in [5.41, 5.74) is 12.8. The van der Waals surface area contributed by atoms with Crippen molar-refractivity contribution >= 4 is 115 Å². The highest BCUT2D eigenvalue weighted by Gasteiger charge is 2.27. The van der Waals surface area contributed by atoms with Gasteiger partial charge < -0.3 is 14.4 Å². The van der Waals surface area contributed by atoms with Gasteiger partial charge in [0.15, 0.2) is 0 Å². The van der Waals surface area contributed by atoms with E-state index < -0.39 is 16.1 Å². The molecule has 0 saturated carbocycles. The van der Waals surface area contributed by atoms with Crippen LogP contribution in [-0.2, 0) is 0 Å². The van der Waals surface area contributed by atoms with Gasteiger partial charge in [-0.1, -0.05) is 189 Å². The second kappa shape index (κ2) is 16.3. The molecular weight excluding hydrogens is 843 g/mol. The van der Waals surface area contributed by atoms with Crippen molar-refractivity contribution < 1.29 is 0 Å². The molecule has 0 aliphatic heterocycles. The Balaban J connectivity index is 1.30. The van der Waals surface area contributed by atoms with Crippen LogP contribution in [0.4, 0.5) is 34.1 Å². The lowest BCUT2D eigenvalue weighted by Gasteiger charge is -2.29. The summed E-state index contributed by atoms with van der Waals surface area (Å²) in [5.74, 6) is 0. The summed E-state index contributed by atoms with van der Waals surface area (Å²) in [6.07, 6.45) is 0. The molecule has 67 heavy (non-hydrogen) atoms. The van der Waals surface area contributed by atoms with Gasteiger partial charge in [0.1, 0.15) is 0 Å². The zero-order valence-corrected chi connectivity index (χ0v) is 41.9. The third-order valence-electron chi connectivity index (χ3n) is 13.9. The van der Waals surface area contributed by atoms with Crippen LogP contribution in [0, 0.1) is 13.8 Å². The molecule has 1 aromatic heterocycles. The van der Waals surface area contributed by atoms with E-state index in [0.717, 1.165) is 28.4 Å². The fourth-order valence-corrected chi connectivity index (χ4v) is 12.7. The minimum Gasteiger partial charge on any atom is -0.310 e. The lowest BCUT2D eigenvalue weighted by Crippen LogP contribution is -2.37. The van der Waals surface area contributed by atoms with Crippen LogP contribution in [0.2, 0.25) is 39.3 Å². The molecule has 0 unspecified atom stereocenters. The van der Waals surface area contributed by atoms with Crippen LogP contribution in [0.3, 0.4) is 0 Å². The fourth-order valence-electron chi connectivity index (χ4n) is 10.3. The maximum absolute atomic E-state index is 2.55. The first-order valence-corrected chi connectivity index (χ1v) is 30.7. The Morgan fingerprint density at radius 2 is 0.731 bits per heavy atom. The largest absolute Gasteiger partial charge is 0.310 e. The number of aryl methyl sites for hydroxylation is 2. The van der Waals surface area contributed by atoms with E-state index in [4.69, 9.17) is 0 Å². The first-order chi connectivity index (χ1) is 32.3. The molecular formula is C62H57N3Si2. The number of rotatable bonds is 9. The monoisotopic (exact) mass is 899 g/mol. The highest BCUT2D eigenvalue weighted by atomic mass is 28.3. The number of benzene rings is 10. The van der Waals surface area contributed by atoms with Crippen LogP contribution in [0.5, 0.6) is 0 Å². The summed E-state index contributed by atoms with van der Waals surface area (Å²) in [6, 6.07) is 75.3. The second-order valence-electron chi connectivity index (χ2n) is 20.4. The smallest absolute Gasteiger partial charge is 0.0775 e. The molecule has 0 amide bonds. The molecule has 0 aliphatic carbocycles. The van der Waals surface area contributed by atoms with E-state index in [-0.39, 0.29) is 0 Å². The first kappa shape index (κ1) is 42.4. The summed E-state index contributed by atoms with van der Waals surface area (Å²) in [7, 11) is -3.08. The molecule has 11 rings (SSSR count). The van der Waals surface area contributed by atoms with Crippen molar-refractivity contribution in [3.8, 4) is 5.69 Å². The van der Waals surface area contributed by atoms with Gasteiger partial charge in [-0.3, -0.25) is 0 Å². The Labute approximate surface area is 397 Å². The van der Waals surface area contributed by atoms with Crippen molar-refractivity contribution in [1.29, 1.82) is 0 Å². The van der Waals surface area contributed by atoms with Crippen molar-refractivity contribution in [3.63, 3.8) is 0 Å². The number of aromatic nitrogens is 1. The van der Waals surface area contributed by atoms with E-state index in [1.54, 1.807) is 0 Å². The van der Waals surface area contributed by atoms with Crippen LogP contribution >= 0.6 is 0 Å². The summed E-state index contributed by atoms with van der Waals surface area (Å²) in [4.78, 5) is 5.00. The number of para-hydroxylation sites is 2. The van der Waals surface area contributed by atoms with Gasteiger partial charge in [0.2, 0.25) is 0 Å². The SMILES string of the molecule is Cc1ccccc1N(c1ccc([Si](C)(C)C)cc1)c1cc2c(c3ccccc13)c1c3ccccc3c(N(c3ccc([Si](C)(C)C)cc3)c3ccccc3C)cc1n2-c1ccc2ccccc2c1. The van der Waals surface area contributed by atoms with Gasteiger partial charge in [0.05, 0.1) is 38.6 Å². The molecule has 0 spiro atoms. The molecule has 0 radical (unpaired) electrons. The van der Waals surface area contributed by atoms with Crippen LogP contribution in [-0.4, -0.2) is 20.7 Å². The molecule has 0 fully saturated rings. The summed E-state index contributed by atoms with van der Waals surface area (Å²) in [6.45, 7) is 19.0. The molecule has 11 aromatic rings. The van der Waals surface area contributed by atoms with E-state index in [1.165, 1.54) is 87.0 Å². The third-order valence-corrected chi connectivity index (χ3v) is 18.0. The van der Waals surface area contributed by atoms with Crippen molar-refractivity contribution in [2.75, 3.05) is 9.80 Å². The number of nitrogens with zero attached hydrogens (tertiary/aromatic N) is 3. The Bertz CT molecular complexity index is 3480. The van der Waals surface area contributed by atoms with Crippen LogP contribution in [0.15, 0.2) is 200 Å². The molecule has 10 aromatic carbocycles. The van der Waals surface area contributed by atoms with Crippen molar-refractivity contribution in [1.82, 2.24) is 4.57 Å². The molecule has 0 saturated heterocycles. The number of anilines is 6. The Hall–Kier alpha value is -7.19. The van der Waals surface area contributed by atoms with Gasteiger partial charge >= 0.3 is 0 Å². The zero-order chi connectivity index (χ0) is 46.2. The number of hydrogen-bond acceptors (Lipinski definition) is 2. The number of fused-ring (bicyclic) bond motifs is 8. The highest BCUT2D eigenvalue weighted by molar-refractivity contribution is 6.89. The standard InChI is InChI=1S/C62H57N3Si2/c1-42-19-9-17-27-55(42)63(46-31-35-49(36-32-46)66(3,4)5)57-40-59-61(53-25-15-13-23-51(53)57)62-54-26-16-14-24-52(54)58(41-60(62)65(59)48-30-29-44-21-11-12-22-45(44)39-48)64(56-28-18-10-20-43(56)2)47-33-37-50(38-34-47)67(6,7)8/h9-41H,1-8H3. The maximum Gasteiger partial charge on any atom is 0.0775 e. The predicted octanol–water partition coefficient (Wildman–Crippen LogP) is 16.9. The molecule has 1 heterocycles. The average Bonchev–Trinajstić information content (AvgIpc) is 3.67. The van der Waals surface area contributed by atoms with E-state index in [1.807, 2.05) is 0 Å². The van der Waals surface area contributed by atoms with Gasteiger partial charge in [-0.25, -0.2) is 0 Å². The van der Waals surface area contributed by atoms with E-state index in [0.29, 0.717) is 0 Å². The van der Waals surface area contributed by atoms with Crippen LogP contribution in [0.25, 0.3) is 59.8 Å². The maximum atomic E-state index is 2.55. The summed E-state index contributed by atoms with van der Waals surface area (Å²) in [5, 5.41) is 12.7. The molecule has 0 bridgehead atoms. The zero-order valence-electron chi connectivity index (χ0n) is 39.9. The lowest BCUT2D eigenvalue weighted by atomic mass is 9.96. The molecule has 3 nitrogen and oxygen atoms in total. The van der Waals surface area contributed by atoms with Crippen LogP contribution in [0.1, 0.15) is 11.1 Å². The fraction of sp³-hybridized carbons (Fsp3) is 0.129. The van der Waals surface area contributed by atoms with Crippen molar-refractivity contribution in [2.24, 2.45) is 0 Å². The minimum absolute atomic E-state index is 1.13. The van der Waals surface area contributed by atoms with E-state index in [9.17, 15) is 0 Å². The molecule has 0 N–H and O–H groups in total. The van der Waals surface area contributed by atoms with Gasteiger partial charge in [0.25, 0.3) is 0 Å². The van der Waals surface area contributed by atoms with E-state index >= 15 is 0 Å². The lowest BCUT2D eigenvalue weighted by molar-refractivity contribution is 1.18. The van der Waals surface area contributed by atoms with Gasteiger partial charge in [-0.15, -0.1) is 0 Å². The molecule has 5 heteroatoms. The predicted molar refractivity (Wildman–Crippen MR) is 298 cm³/mol. The van der Waals surface area contributed by atoms with Gasteiger partial charge in [-0.2, -0.15) is 0 Å². The van der Waals surface area contributed by atoms with Gasteiger partial charge in [0, 0.05) is 50.0 Å². The van der Waals surface area contributed by atoms with Crippen molar-refractivity contribution in [3.05, 3.63) is 211 Å². The molecule has 328 valence electrons. The Kier molecular flexibility index (Phi) is 10.3. The molecule has 0 aliphatic rings.